The molecule has 1 aliphatic heterocycles. The zero-order chi connectivity index (χ0) is 13.5. The molecule has 5 nitrogen and oxygen atoms in total. The van der Waals surface area contributed by atoms with E-state index in [1.165, 1.54) is 44.5 Å². The SMILES string of the molecule is O=[N+]([O-])c1ccc(OCCCN2CCCCC2)cc1.[H+]. The summed E-state index contributed by atoms with van der Waals surface area (Å²) in [6, 6.07) is 6.25. The van der Waals surface area contributed by atoms with Crippen molar-refractivity contribution in [2.45, 2.75) is 25.7 Å². The minimum absolute atomic E-state index is 0. The molecular formula is C14H21N2O3+. The van der Waals surface area contributed by atoms with Gasteiger partial charge in [0.05, 0.1) is 11.5 Å². The van der Waals surface area contributed by atoms with Gasteiger partial charge in [0.25, 0.3) is 5.69 Å². The molecule has 0 atom stereocenters. The van der Waals surface area contributed by atoms with Gasteiger partial charge in [0, 0.05) is 18.7 Å². The van der Waals surface area contributed by atoms with Gasteiger partial charge in [-0.2, -0.15) is 0 Å². The molecule has 1 aromatic carbocycles. The molecule has 1 saturated heterocycles. The highest BCUT2D eigenvalue weighted by Crippen LogP contribution is 2.17. The quantitative estimate of drug-likeness (QED) is 0.451. The van der Waals surface area contributed by atoms with Crippen molar-refractivity contribution in [3.05, 3.63) is 34.4 Å². The summed E-state index contributed by atoms with van der Waals surface area (Å²) < 4.78 is 5.58. The van der Waals surface area contributed by atoms with Gasteiger partial charge >= 0.3 is 1.43 Å². The number of nitro groups is 1. The summed E-state index contributed by atoms with van der Waals surface area (Å²) in [6.45, 7) is 4.15. The van der Waals surface area contributed by atoms with Crippen LogP contribution in [-0.4, -0.2) is 36.1 Å². The molecule has 0 radical (unpaired) electrons. The highest BCUT2D eigenvalue weighted by molar-refractivity contribution is 5.35. The van der Waals surface area contributed by atoms with Crippen molar-refractivity contribution in [3.8, 4) is 5.75 Å². The molecule has 2 rings (SSSR count). The molecule has 1 fully saturated rings. The average Bonchev–Trinajstić information content (AvgIpc) is 2.45. The number of likely N-dealkylation sites (tertiary alicyclic amines) is 1. The Labute approximate surface area is 114 Å². The monoisotopic (exact) mass is 265 g/mol. The highest BCUT2D eigenvalue weighted by Gasteiger charge is 2.09. The summed E-state index contributed by atoms with van der Waals surface area (Å²) in [5, 5.41) is 10.5. The molecule has 0 unspecified atom stereocenters. The second kappa shape index (κ2) is 7.09. The van der Waals surface area contributed by atoms with Gasteiger partial charge in [-0.05, 0) is 44.5 Å². The minimum Gasteiger partial charge on any atom is -0.494 e. The number of ether oxygens (including phenoxy) is 1. The second-order valence-corrected chi connectivity index (χ2v) is 4.86. The van der Waals surface area contributed by atoms with E-state index in [1.54, 1.807) is 12.1 Å². The van der Waals surface area contributed by atoms with Crippen LogP contribution < -0.4 is 4.74 Å². The fourth-order valence-corrected chi connectivity index (χ4v) is 2.33. The van der Waals surface area contributed by atoms with Crippen LogP contribution in [0.1, 0.15) is 27.1 Å². The third-order valence-corrected chi connectivity index (χ3v) is 3.38. The second-order valence-electron chi connectivity index (χ2n) is 4.86. The van der Waals surface area contributed by atoms with Gasteiger partial charge in [-0.15, -0.1) is 0 Å². The molecule has 0 aromatic heterocycles. The first-order valence-corrected chi connectivity index (χ1v) is 6.85. The molecule has 5 heteroatoms. The van der Waals surface area contributed by atoms with Gasteiger partial charge in [0.2, 0.25) is 0 Å². The van der Waals surface area contributed by atoms with Crippen LogP contribution in [-0.2, 0) is 0 Å². The minimum atomic E-state index is -0.403. The number of nitro benzene ring substituents is 1. The van der Waals surface area contributed by atoms with Crippen molar-refractivity contribution in [1.82, 2.24) is 4.90 Å². The van der Waals surface area contributed by atoms with E-state index >= 15 is 0 Å². The van der Waals surface area contributed by atoms with Gasteiger partial charge in [0.15, 0.2) is 0 Å². The highest BCUT2D eigenvalue weighted by atomic mass is 16.6. The Balaban J connectivity index is 0.00000200. The van der Waals surface area contributed by atoms with Crippen LogP contribution in [0.15, 0.2) is 24.3 Å². The number of rotatable bonds is 6. The lowest BCUT2D eigenvalue weighted by molar-refractivity contribution is -0.384. The Morgan fingerprint density at radius 2 is 1.89 bits per heavy atom. The first-order valence-electron chi connectivity index (χ1n) is 6.85. The van der Waals surface area contributed by atoms with Gasteiger partial charge < -0.3 is 9.64 Å². The van der Waals surface area contributed by atoms with E-state index in [9.17, 15) is 10.1 Å². The first-order chi connectivity index (χ1) is 9.25. The van der Waals surface area contributed by atoms with Crippen LogP contribution in [0.3, 0.4) is 0 Å². The van der Waals surface area contributed by atoms with E-state index in [1.807, 2.05) is 0 Å². The molecule has 1 aromatic rings. The average molecular weight is 265 g/mol. The Morgan fingerprint density at radius 1 is 1.21 bits per heavy atom. The van der Waals surface area contributed by atoms with Gasteiger partial charge in [-0.25, -0.2) is 0 Å². The standard InChI is InChI=1S/C14H20N2O3/c17-16(18)13-5-7-14(8-6-13)19-12-4-11-15-9-2-1-3-10-15/h5-8H,1-4,9-12H2/p+1. The van der Waals surface area contributed by atoms with E-state index in [-0.39, 0.29) is 7.11 Å². The maximum Gasteiger partial charge on any atom is 1.00 e. The Morgan fingerprint density at radius 3 is 2.53 bits per heavy atom. The number of non-ortho nitro benzene ring substituents is 1. The third-order valence-electron chi connectivity index (χ3n) is 3.38. The molecule has 1 aliphatic rings. The van der Waals surface area contributed by atoms with Crippen molar-refractivity contribution >= 4 is 5.69 Å². The molecule has 0 amide bonds. The van der Waals surface area contributed by atoms with E-state index in [0.29, 0.717) is 12.4 Å². The largest absolute Gasteiger partial charge is 1.00 e. The van der Waals surface area contributed by atoms with Crippen LogP contribution >= 0.6 is 0 Å². The molecular weight excluding hydrogens is 244 g/mol. The number of piperidine rings is 1. The number of benzene rings is 1. The van der Waals surface area contributed by atoms with Crippen LogP contribution in [0.4, 0.5) is 5.69 Å². The van der Waals surface area contributed by atoms with Crippen LogP contribution in [0.5, 0.6) is 5.75 Å². The smallest absolute Gasteiger partial charge is 0.494 e. The number of hydrogen-bond donors (Lipinski definition) is 0. The fourth-order valence-electron chi connectivity index (χ4n) is 2.33. The maximum atomic E-state index is 10.5. The van der Waals surface area contributed by atoms with Crippen molar-refractivity contribution < 1.29 is 11.1 Å². The summed E-state index contributed by atoms with van der Waals surface area (Å²) in [5.74, 6) is 0.698. The fraction of sp³-hybridized carbons (Fsp3) is 0.571. The molecule has 0 bridgehead atoms. The van der Waals surface area contributed by atoms with E-state index in [0.717, 1.165) is 13.0 Å². The molecule has 104 valence electrons. The van der Waals surface area contributed by atoms with Gasteiger partial charge in [-0.1, -0.05) is 6.42 Å². The molecule has 0 N–H and O–H groups in total. The van der Waals surface area contributed by atoms with Crippen molar-refractivity contribution in [2.24, 2.45) is 0 Å². The molecule has 0 spiro atoms. The van der Waals surface area contributed by atoms with Crippen LogP contribution in [0.25, 0.3) is 0 Å². The zero-order valence-corrected chi connectivity index (χ0v) is 11.1. The Kier molecular flexibility index (Phi) is 5.15. The predicted octanol–water partition coefficient (Wildman–Crippen LogP) is 2.96. The third kappa shape index (κ3) is 4.52. The van der Waals surface area contributed by atoms with Crippen molar-refractivity contribution in [1.29, 1.82) is 0 Å². The Bertz CT molecular complexity index is 405. The normalized spacial score (nSPS) is 16.2. The van der Waals surface area contributed by atoms with Crippen molar-refractivity contribution in [3.63, 3.8) is 0 Å². The lowest BCUT2D eigenvalue weighted by Gasteiger charge is -2.26. The summed E-state index contributed by atoms with van der Waals surface area (Å²) in [5.41, 5.74) is 0.0978. The summed E-state index contributed by atoms with van der Waals surface area (Å²) in [6.07, 6.45) is 4.97. The topological polar surface area (TPSA) is 55.6 Å². The predicted molar refractivity (Wildman–Crippen MR) is 74.6 cm³/mol. The zero-order valence-electron chi connectivity index (χ0n) is 12.1. The van der Waals surface area contributed by atoms with E-state index in [4.69, 9.17) is 4.74 Å². The maximum absolute atomic E-state index is 10.5. The van der Waals surface area contributed by atoms with Crippen LogP contribution in [0.2, 0.25) is 0 Å². The molecule has 0 aliphatic carbocycles. The van der Waals surface area contributed by atoms with Crippen molar-refractivity contribution in [2.75, 3.05) is 26.2 Å². The van der Waals surface area contributed by atoms with Gasteiger partial charge in [0.1, 0.15) is 5.75 Å². The first kappa shape index (κ1) is 13.8. The number of hydrogen-bond acceptors (Lipinski definition) is 4. The number of nitrogens with zero attached hydrogens (tertiary/aromatic N) is 2. The Hall–Kier alpha value is -1.62. The summed E-state index contributed by atoms with van der Waals surface area (Å²) >= 11 is 0. The van der Waals surface area contributed by atoms with Gasteiger partial charge in [-0.3, -0.25) is 10.1 Å². The van der Waals surface area contributed by atoms with E-state index in [2.05, 4.69) is 4.90 Å². The molecule has 1 heterocycles. The molecule has 0 saturated carbocycles. The van der Waals surface area contributed by atoms with Crippen LogP contribution in [0, 0.1) is 10.1 Å². The lowest BCUT2D eigenvalue weighted by atomic mass is 10.1. The molecule has 19 heavy (non-hydrogen) atoms. The lowest BCUT2D eigenvalue weighted by Crippen LogP contribution is -2.31. The van der Waals surface area contributed by atoms with E-state index < -0.39 is 4.92 Å². The summed E-state index contributed by atoms with van der Waals surface area (Å²) in [7, 11) is 0. The summed E-state index contributed by atoms with van der Waals surface area (Å²) in [4.78, 5) is 12.6.